The molecular formula is C18H13ClN4S. The number of hydrogen-bond donors (Lipinski definition) is 1. The lowest BCUT2D eigenvalue weighted by Crippen LogP contribution is -2.02. The highest BCUT2D eigenvalue weighted by atomic mass is 35.5. The maximum absolute atomic E-state index is 6.09. The van der Waals surface area contributed by atoms with Crippen LogP contribution >= 0.6 is 22.9 Å². The molecule has 0 aliphatic rings. The Hall–Kier alpha value is -2.50. The molecule has 4 rings (SSSR count). The number of aromatic nitrogens is 3. The predicted octanol–water partition coefficient (Wildman–Crippen LogP) is 5.02. The first kappa shape index (κ1) is 15.1. The molecule has 1 aromatic carbocycles. The van der Waals surface area contributed by atoms with Crippen molar-refractivity contribution in [3.05, 3.63) is 71.8 Å². The lowest BCUT2D eigenvalue weighted by molar-refractivity contribution is 1.08. The average molecular weight is 353 g/mol. The largest absolute Gasteiger partial charge is 0.365 e. The molecule has 4 nitrogen and oxygen atoms in total. The topological polar surface area (TPSA) is 50.7 Å². The molecule has 0 saturated heterocycles. The Kier molecular flexibility index (Phi) is 4.11. The number of rotatable bonds is 4. The van der Waals surface area contributed by atoms with Gasteiger partial charge in [0, 0.05) is 23.8 Å². The average Bonchev–Trinajstić information content (AvgIpc) is 3.05. The van der Waals surface area contributed by atoms with Crippen LogP contribution in [0.4, 0.5) is 5.82 Å². The van der Waals surface area contributed by atoms with Gasteiger partial charge in [-0.05, 0) is 34.9 Å². The van der Waals surface area contributed by atoms with E-state index in [4.69, 9.17) is 11.6 Å². The minimum atomic E-state index is 0.248. The van der Waals surface area contributed by atoms with E-state index in [1.807, 2.05) is 36.5 Å². The molecule has 0 spiro atoms. The van der Waals surface area contributed by atoms with Crippen molar-refractivity contribution in [2.75, 3.05) is 5.32 Å². The Balaban J connectivity index is 1.71. The van der Waals surface area contributed by atoms with Crippen molar-refractivity contribution in [3.8, 4) is 10.4 Å². The fourth-order valence-electron chi connectivity index (χ4n) is 2.46. The van der Waals surface area contributed by atoms with E-state index in [0.29, 0.717) is 6.54 Å². The summed E-state index contributed by atoms with van der Waals surface area (Å²) in [5, 5.41) is 4.57. The van der Waals surface area contributed by atoms with Crippen molar-refractivity contribution in [1.29, 1.82) is 0 Å². The minimum absolute atomic E-state index is 0.248. The Labute approximate surface area is 148 Å². The SMILES string of the molecule is Clc1nc(NCc2cccnc2)c2cc(-c3ccccc3)sc2n1. The number of nitrogens with zero attached hydrogens (tertiary/aromatic N) is 3. The van der Waals surface area contributed by atoms with Crippen LogP contribution in [0.5, 0.6) is 0 Å². The highest BCUT2D eigenvalue weighted by Gasteiger charge is 2.12. The van der Waals surface area contributed by atoms with Crippen molar-refractivity contribution in [1.82, 2.24) is 15.0 Å². The van der Waals surface area contributed by atoms with Gasteiger partial charge in [0.05, 0.1) is 5.39 Å². The summed E-state index contributed by atoms with van der Waals surface area (Å²) in [5.74, 6) is 0.743. The Bertz CT molecular complexity index is 970. The van der Waals surface area contributed by atoms with Crippen LogP contribution in [0, 0.1) is 0 Å². The normalized spacial score (nSPS) is 10.9. The standard InChI is InChI=1S/C18H13ClN4S/c19-18-22-16(21-11-12-5-4-8-20-10-12)14-9-15(24-17(14)23-18)13-6-2-1-3-7-13/h1-10H,11H2,(H,21,22,23). The van der Waals surface area contributed by atoms with E-state index >= 15 is 0 Å². The summed E-state index contributed by atoms with van der Waals surface area (Å²) in [7, 11) is 0. The van der Waals surface area contributed by atoms with Crippen molar-refractivity contribution in [2.24, 2.45) is 0 Å². The van der Waals surface area contributed by atoms with Gasteiger partial charge in [0.25, 0.3) is 0 Å². The summed E-state index contributed by atoms with van der Waals surface area (Å²) in [6, 6.07) is 16.3. The van der Waals surface area contributed by atoms with Gasteiger partial charge in [-0.15, -0.1) is 11.3 Å². The number of anilines is 1. The Morgan fingerprint density at radius 1 is 1.04 bits per heavy atom. The molecule has 1 N–H and O–H groups in total. The first-order valence-electron chi connectivity index (χ1n) is 7.45. The molecule has 3 heterocycles. The maximum Gasteiger partial charge on any atom is 0.225 e. The fourth-order valence-corrected chi connectivity index (χ4v) is 3.72. The van der Waals surface area contributed by atoms with Gasteiger partial charge in [0.15, 0.2) is 0 Å². The van der Waals surface area contributed by atoms with Gasteiger partial charge in [0.2, 0.25) is 5.28 Å². The van der Waals surface area contributed by atoms with Gasteiger partial charge in [-0.2, -0.15) is 0 Å². The number of hydrogen-bond acceptors (Lipinski definition) is 5. The molecule has 0 aliphatic carbocycles. The van der Waals surface area contributed by atoms with Crippen molar-refractivity contribution < 1.29 is 0 Å². The monoisotopic (exact) mass is 352 g/mol. The third-order valence-corrected chi connectivity index (χ3v) is 4.85. The molecule has 0 bridgehead atoms. The van der Waals surface area contributed by atoms with Crippen LogP contribution in [0.1, 0.15) is 5.56 Å². The fraction of sp³-hybridized carbons (Fsp3) is 0.0556. The summed E-state index contributed by atoms with van der Waals surface area (Å²) >= 11 is 7.71. The van der Waals surface area contributed by atoms with Gasteiger partial charge < -0.3 is 5.32 Å². The van der Waals surface area contributed by atoms with Gasteiger partial charge in [-0.25, -0.2) is 9.97 Å². The van der Waals surface area contributed by atoms with Gasteiger partial charge in [0.1, 0.15) is 10.6 Å². The van der Waals surface area contributed by atoms with Gasteiger partial charge in [-0.1, -0.05) is 36.4 Å². The van der Waals surface area contributed by atoms with Crippen LogP contribution < -0.4 is 5.32 Å². The van der Waals surface area contributed by atoms with E-state index < -0.39 is 0 Å². The summed E-state index contributed by atoms with van der Waals surface area (Å²) in [4.78, 5) is 14.9. The molecule has 0 atom stereocenters. The zero-order valence-corrected chi connectivity index (χ0v) is 14.2. The first-order chi connectivity index (χ1) is 11.8. The smallest absolute Gasteiger partial charge is 0.225 e. The second-order valence-electron chi connectivity index (χ2n) is 5.25. The maximum atomic E-state index is 6.09. The van der Waals surface area contributed by atoms with Crippen LogP contribution in [0.25, 0.3) is 20.7 Å². The first-order valence-corrected chi connectivity index (χ1v) is 8.64. The number of pyridine rings is 1. The molecule has 0 amide bonds. The molecular weight excluding hydrogens is 340 g/mol. The molecule has 0 aliphatic heterocycles. The van der Waals surface area contributed by atoms with Crippen molar-refractivity contribution >= 4 is 39.0 Å². The third-order valence-electron chi connectivity index (χ3n) is 3.61. The predicted molar refractivity (Wildman–Crippen MR) is 99.4 cm³/mol. The van der Waals surface area contributed by atoms with E-state index in [0.717, 1.165) is 32.0 Å². The van der Waals surface area contributed by atoms with E-state index in [2.05, 4.69) is 38.5 Å². The third kappa shape index (κ3) is 3.09. The second kappa shape index (κ2) is 6.55. The lowest BCUT2D eigenvalue weighted by Gasteiger charge is -2.06. The van der Waals surface area contributed by atoms with Crippen LogP contribution in [0.15, 0.2) is 60.9 Å². The number of fused-ring (bicyclic) bond motifs is 1. The van der Waals surface area contributed by atoms with Gasteiger partial charge in [-0.3, -0.25) is 4.98 Å². The Morgan fingerprint density at radius 3 is 2.71 bits per heavy atom. The van der Waals surface area contributed by atoms with Crippen molar-refractivity contribution in [3.63, 3.8) is 0 Å². The molecule has 24 heavy (non-hydrogen) atoms. The molecule has 118 valence electrons. The molecule has 0 saturated carbocycles. The zero-order chi connectivity index (χ0) is 16.4. The lowest BCUT2D eigenvalue weighted by atomic mass is 10.2. The van der Waals surface area contributed by atoms with Crippen molar-refractivity contribution in [2.45, 2.75) is 6.54 Å². The molecule has 0 unspecified atom stereocenters. The Morgan fingerprint density at radius 2 is 1.92 bits per heavy atom. The highest BCUT2D eigenvalue weighted by molar-refractivity contribution is 7.22. The van der Waals surface area contributed by atoms with Gasteiger partial charge >= 0.3 is 0 Å². The van der Waals surface area contributed by atoms with E-state index in [-0.39, 0.29) is 5.28 Å². The molecule has 0 fully saturated rings. The number of halogens is 1. The zero-order valence-electron chi connectivity index (χ0n) is 12.6. The highest BCUT2D eigenvalue weighted by Crippen LogP contribution is 2.36. The van der Waals surface area contributed by atoms with E-state index in [9.17, 15) is 0 Å². The molecule has 4 aromatic rings. The van der Waals surface area contributed by atoms with Crippen LogP contribution in [-0.4, -0.2) is 15.0 Å². The molecule has 6 heteroatoms. The van der Waals surface area contributed by atoms with Crippen LogP contribution in [0.3, 0.4) is 0 Å². The number of thiophene rings is 1. The number of nitrogens with one attached hydrogen (secondary N) is 1. The number of benzene rings is 1. The van der Waals surface area contributed by atoms with Crippen LogP contribution in [-0.2, 0) is 6.54 Å². The minimum Gasteiger partial charge on any atom is -0.365 e. The molecule has 3 aromatic heterocycles. The second-order valence-corrected chi connectivity index (χ2v) is 6.62. The summed E-state index contributed by atoms with van der Waals surface area (Å²) < 4.78 is 0. The quantitative estimate of drug-likeness (QED) is 0.524. The van der Waals surface area contributed by atoms with Crippen LogP contribution in [0.2, 0.25) is 5.28 Å². The van der Waals surface area contributed by atoms with E-state index in [1.54, 1.807) is 17.5 Å². The molecule has 0 radical (unpaired) electrons. The summed E-state index contributed by atoms with van der Waals surface area (Å²) in [6.45, 7) is 0.632. The van der Waals surface area contributed by atoms with E-state index in [1.165, 1.54) is 0 Å². The summed E-state index contributed by atoms with van der Waals surface area (Å²) in [5.41, 5.74) is 2.24. The summed E-state index contributed by atoms with van der Waals surface area (Å²) in [6.07, 6.45) is 3.59.